The molecule has 0 radical (unpaired) electrons. The number of rotatable bonds is 4. The fraction of sp³-hybridized carbons (Fsp3) is 0.583. The van der Waals surface area contributed by atoms with Crippen LogP contribution in [0, 0.1) is 5.92 Å². The quantitative estimate of drug-likeness (QED) is 0.768. The number of aromatic amines is 1. The van der Waals surface area contributed by atoms with Gasteiger partial charge in [-0.1, -0.05) is 0 Å². The summed E-state index contributed by atoms with van der Waals surface area (Å²) in [5.41, 5.74) is 1.53. The predicted octanol–water partition coefficient (Wildman–Crippen LogP) is 1.23. The minimum Gasteiger partial charge on any atom is -0.381 e. The first-order valence-corrected chi connectivity index (χ1v) is 6.57. The van der Waals surface area contributed by atoms with Crippen LogP contribution in [-0.2, 0) is 4.74 Å². The van der Waals surface area contributed by atoms with Crippen LogP contribution in [0.5, 0.6) is 0 Å². The van der Waals surface area contributed by atoms with Gasteiger partial charge in [0.25, 0.3) is 0 Å². The molecular formula is C12H18N6O. The zero-order valence-corrected chi connectivity index (χ0v) is 10.9. The number of H-pyrrole nitrogens is 1. The first kappa shape index (κ1) is 12.2. The number of aromatic nitrogens is 4. The van der Waals surface area contributed by atoms with Crippen LogP contribution in [0.2, 0.25) is 0 Å². The molecule has 7 nitrogen and oxygen atoms in total. The highest BCUT2D eigenvalue weighted by atomic mass is 16.5. The smallest absolute Gasteiger partial charge is 0.226 e. The van der Waals surface area contributed by atoms with Crippen LogP contribution in [0.25, 0.3) is 11.2 Å². The molecule has 1 fully saturated rings. The zero-order chi connectivity index (χ0) is 13.1. The maximum Gasteiger partial charge on any atom is 0.226 e. The number of ether oxygens (including phenoxy) is 1. The second-order valence-corrected chi connectivity index (χ2v) is 4.68. The zero-order valence-electron chi connectivity index (χ0n) is 10.9. The fourth-order valence-electron chi connectivity index (χ4n) is 2.26. The van der Waals surface area contributed by atoms with E-state index in [0.717, 1.165) is 43.9 Å². The van der Waals surface area contributed by atoms with Crippen LogP contribution < -0.4 is 10.6 Å². The van der Waals surface area contributed by atoms with Crippen molar-refractivity contribution >= 4 is 22.9 Å². The Morgan fingerprint density at radius 3 is 3.00 bits per heavy atom. The van der Waals surface area contributed by atoms with Crippen LogP contribution in [0.15, 0.2) is 6.33 Å². The summed E-state index contributed by atoms with van der Waals surface area (Å²) >= 11 is 0. The largest absolute Gasteiger partial charge is 0.381 e. The molecule has 2 aromatic heterocycles. The van der Waals surface area contributed by atoms with E-state index < -0.39 is 0 Å². The number of hydrogen-bond acceptors (Lipinski definition) is 6. The molecule has 1 aliphatic rings. The van der Waals surface area contributed by atoms with Crippen LogP contribution in [0.1, 0.15) is 12.8 Å². The average Bonchev–Trinajstić information content (AvgIpc) is 2.94. The molecule has 0 atom stereocenters. The second-order valence-electron chi connectivity index (χ2n) is 4.68. The molecule has 1 aliphatic heterocycles. The number of imidazole rings is 1. The van der Waals surface area contributed by atoms with Crippen molar-refractivity contribution in [1.29, 1.82) is 0 Å². The number of fused-ring (bicyclic) bond motifs is 1. The molecule has 2 aromatic rings. The van der Waals surface area contributed by atoms with Crippen molar-refractivity contribution in [2.24, 2.45) is 5.92 Å². The van der Waals surface area contributed by atoms with Gasteiger partial charge in [0.15, 0.2) is 11.5 Å². The van der Waals surface area contributed by atoms with Gasteiger partial charge in [-0.05, 0) is 18.8 Å². The van der Waals surface area contributed by atoms with Gasteiger partial charge in [-0.2, -0.15) is 9.97 Å². The van der Waals surface area contributed by atoms with Crippen LogP contribution in [-0.4, -0.2) is 46.7 Å². The van der Waals surface area contributed by atoms with E-state index >= 15 is 0 Å². The van der Waals surface area contributed by atoms with Crippen molar-refractivity contribution in [3.8, 4) is 0 Å². The van der Waals surface area contributed by atoms with Crippen molar-refractivity contribution < 1.29 is 4.74 Å². The third-order valence-electron chi connectivity index (χ3n) is 3.41. The van der Waals surface area contributed by atoms with Crippen molar-refractivity contribution in [3.05, 3.63) is 6.33 Å². The average molecular weight is 262 g/mol. The maximum atomic E-state index is 5.37. The van der Waals surface area contributed by atoms with Gasteiger partial charge in [0.05, 0.1) is 6.33 Å². The highest BCUT2D eigenvalue weighted by molar-refractivity contribution is 5.83. The number of hydrogen-bond donors (Lipinski definition) is 3. The molecule has 0 saturated carbocycles. The van der Waals surface area contributed by atoms with Crippen molar-refractivity contribution in [3.63, 3.8) is 0 Å². The lowest BCUT2D eigenvalue weighted by Gasteiger charge is -2.22. The van der Waals surface area contributed by atoms with Crippen LogP contribution in [0.4, 0.5) is 11.8 Å². The Balaban J connectivity index is 1.77. The lowest BCUT2D eigenvalue weighted by atomic mass is 10.0. The summed E-state index contributed by atoms with van der Waals surface area (Å²) in [6, 6.07) is 0. The minimum absolute atomic E-state index is 0.578. The van der Waals surface area contributed by atoms with Crippen LogP contribution in [0.3, 0.4) is 0 Å². The minimum atomic E-state index is 0.578. The predicted molar refractivity (Wildman–Crippen MR) is 73.3 cm³/mol. The van der Waals surface area contributed by atoms with Gasteiger partial charge in [0.1, 0.15) is 5.52 Å². The first-order valence-electron chi connectivity index (χ1n) is 6.57. The third kappa shape index (κ3) is 2.60. The molecule has 0 aliphatic carbocycles. The van der Waals surface area contributed by atoms with Gasteiger partial charge >= 0.3 is 0 Å². The van der Waals surface area contributed by atoms with Gasteiger partial charge in [-0.25, -0.2) is 4.98 Å². The van der Waals surface area contributed by atoms with Gasteiger partial charge in [-0.15, -0.1) is 0 Å². The molecular weight excluding hydrogens is 244 g/mol. The lowest BCUT2D eigenvalue weighted by molar-refractivity contribution is 0.0699. The monoisotopic (exact) mass is 262 g/mol. The summed E-state index contributed by atoms with van der Waals surface area (Å²) in [7, 11) is 1.80. The second kappa shape index (κ2) is 5.40. The Hall–Kier alpha value is -1.89. The Bertz CT molecular complexity index is 548. The summed E-state index contributed by atoms with van der Waals surface area (Å²) in [5.74, 6) is 2.02. The first-order chi connectivity index (χ1) is 9.36. The molecule has 0 spiro atoms. The molecule has 0 bridgehead atoms. The normalized spacial score (nSPS) is 16.7. The Morgan fingerprint density at radius 2 is 2.21 bits per heavy atom. The standard InChI is InChI=1S/C12H18N6O/c1-13-12-17-10(9-11(18-12)16-7-15-9)14-6-8-2-4-19-5-3-8/h7-8H,2-6H2,1H3,(H3,13,14,15,16,17,18). The molecule has 0 aromatic carbocycles. The Morgan fingerprint density at radius 1 is 1.37 bits per heavy atom. The highest BCUT2D eigenvalue weighted by Crippen LogP contribution is 2.20. The molecule has 3 N–H and O–H groups in total. The van der Waals surface area contributed by atoms with Crippen molar-refractivity contribution in [1.82, 2.24) is 19.9 Å². The molecule has 1 saturated heterocycles. The van der Waals surface area contributed by atoms with E-state index in [1.54, 1.807) is 13.4 Å². The number of anilines is 2. The van der Waals surface area contributed by atoms with Gasteiger partial charge in [-0.3, -0.25) is 0 Å². The highest BCUT2D eigenvalue weighted by Gasteiger charge is 2.15. The van der Waals surface area contributed by atoms with E-state index in [1.165, 1.54) is 0 Å². The third-order valence-corrected chi connectivity index (χ3v) is 3.41. The van der Waals surface area contributed by atoms with E-state index in [-0.39, 0.29) is 0 Å². The summed E-state index contributed by atoms with van der Waals surface area (Å²) in [4.78, 5) is 16.0. The molecule has 19 heavy (non-hydrogen) atoms. The summed E-state index contributed by atoms with van der Waals surface area (Å²) < 4.78 is 5.37. The lowest BCUT2D eigenvalue weighted by Crippen LogP contribution is -2.23. The van der Waals surface area contributed by atoms with Gasteiger partial charge in [0.2, 0.25) is 5.95 Å². The molecule has 3 rings (SSSR count). The molecule has 102 valence electrons. The van der Waals surface area contributed by atoms with Gasteiger partial charge < -0.3 is 20.4 Å². The van der Waals surface area contributed by atoms with E-state index in [9.17, 15) is 0 Å². The number of nitrogens with zero attached hydrogens (tertiary/aromatic N) is 3. The van der Waals surface area contributed by atoms with E-state index in [1.807, 2.05) is 0 Å². The van der Waals surface area contributed by atoms with E-state index in [0.29, 0.717) is 17.5 Å². The summed E-state index contributed by atoms with van der Waals surface area (Å²) in [5, 5.41) is 6.35. The summed E-state index contributed by atoms with van der Waals surface area (Å²) in [6.45, 7) is 2.62. The SMILES string of the molecule is CNc1nc(NCC2CCOCC2)c2[nH]cnc2n1. The Labute approximate surface area is 111 Å². The van der Waals surface area contributed by atoms with Crippen molar-refractivity contribution in [2.75, 3.05) is 37.4 Å². The molecule has 0 amide bonds. The fourth-order valence-corrected chi connectivity index (χ4v) is 2.26. The maximum absolute atomic E-state index is 5.37. The number of nitrogens with one attached hydrogen (secondary N) is 3. The molecule has 7 heteroatoms. The topological polar surface area (TPSA) is 87.8 Å². The van der Waals surface area contributed by atoms with E-state index in [2.05, 4.69) is 30.6 Å². The van der Waals surface area contributed by atoms with Crippen molar-refractivity contribution in [2.45, 2.75) is 12.8 Å². The van der Waals surface area contributed by atoms with Crippen LogP contribution >= 0.6 is 0 Å². The van der Waals surface area contributed by atoms with E-state index in [4.69, 9.17) is 4.74 Å². The van der Waals surface area contributed by atoms with Gasteiger partial charge in [0, 0.05) is 26.8 Å². The summed E-state index contributed by atoms with van der Waals surface area (Å²) in [6.07, 6.45) is 3.84. The molecule has 0 unspecified atom stereocenters. The Kier molecular flexibility index (Phi) is 3.45. The molecule has 3 heterocycles.